The van der Waals surface area contributed by atoms with E-state index in [1.807, 2.05) is 0 Å². The van der Waals surface area contributed by atoms with Crippen LogP contribution in [0.15, 0.2) is 47.4 Å². The second-order valence-corrected chi connectivity index (χ2v) is 9.74. The van der Waals surface area contributed by atoms with E-state index < -0.39 is 15.4 Å². The zero-order valence-corrected chi connectivity index (χ0v) is 18.7. The Kier molecular flexibility index (Phi) is 6.86. The fraction of sp³-hybridized carbons (Fsp3) is 0.409. The molecular weight excluding hydrogens is 423 g/mol. The predicted molar refractivity (Wildman–Crippen MR) is 114 cm³/mol. The van der Waals surface area contributed by atoms with Crippen LogP contribution in [0.2, 0.25) is 0 Å². The lowest BCUT2D eigenvalue weighted by molar-refractivity contribution is -0.132. The van der Waals surface area contributed by atoms with Crippen molar-refractivity contribution in [1.29, 1.82) is 0 Å². The number of ether oxygens (including phenoxy) is 2. The molecule has 0 radical (unpaired) electrons. The second-order valence-electron chi connectivity index (χ2n) is 7.83. The van der Waals surface area contributed by atoms with Crippen molar-refractivity contribution >= 4 is 15.9 Å². The van der Waals surface area contributed by atoms with E-state index in [-0.39, 0.29) is 35.5 Å². The highest BCUT2D eigenvalue weighted by Crippen LogP contribution is 2.36. The summed E-state index contributed by atoms with van der Waals surface area (Å²) in [5, 5.41) is 2.82. The number of hydrogen-bond donors (Lipinski definition) is 1. The third-order valence-corrected chi connectivity index (χ3v) is 7.41. The minimum atomic E-state index is -3.92. The van der Waals surface area contributed by atoms with E-state index in [4.69, 9.17) is 9.47 Å². The molecule has 1 N–H and O–H groups in total. The van der Waals surface area contributed by atoms with Crippen LogP contribution in [0.4, 0.5) is 4.39 Å². The molecule has 1 atom stereocenters. The Morgan fingerprint density at radius 1 is 1.19 bits per heavy atom. The molecule has 3 rings (SSSR count). The summed E-state index contributed by atoms with van der Waals surface area (Å²) in [4.78, 5) is 12.9. The lowest BCUT2D eigenvalue weighted by Crippen LogP contribution is -2.51. The highest BCUT2D eigenvalue weighted by molar-refractivity contribution is 7.89. The minimum absolute atomic E-state index is 0.00114. The first kappa shape index (κ1) is 23.0. The molecule has 1 fully saturated rings. The molecule has 1 saturated heterocycles. The zero-order valence-electron chi connectivity index (χ0n) is 17.9. The molecule has 168 valence electrons. The number of nitrogens with one attached hydrogen (secondary N) is 1. The first-order valence-corrected chi connectivity index (χ1v) is 11.4. The Morgan fingerprint density at radius 2 is 1.97 bits per heavy atom. The van der Waals surface area contributed by atoms with Crippen molar-refractivity contribution in [3.05, 3.63) is 53.8 Å². The van der Waals surface area contributed by atoms with Gasteiger partial charge in [-0.15, -0.1) is 0 Å². The maximum atomic E-state index is 13.4. The van der Waals surface area contributed by atoms with Crippen LogP contribution in [-0.2, 0) is 21.4 Å². The van der Waals surface area contributed by atoms with Crippen LogP contribution in [0.5, 0.6) is 11.5 Å². The number of methoxy groups -OCH3 is 2. The molecular formula is C22H27FN2O5S. The summed E-state index contributed by atoms with van der Waals surface area (Å²) in [5.41, 5.74) is -0.275. The zero-order chi connectivity index (χ0) is 22.6. The van der Waals surface area contributed by atoms with Crippen LogP contribution >= 0.6 is 0 Å². The van der Waals surface area contributed by atoms with Gasteiger partial charge < -0.3 is 14.8 Å². The van der Waals surface area contributed by atoms with E-state index in [2.05, 4.69) is 5.32 Å². The standard InChI is InChI=1S/C22H27FN2O5S/c1-22(21(26)24-14-16-6-4-7-17(23)12-16)10-5-11-25(15-22)31(27,28)20-13-18(29-2)8-9-19(20)30-3/h4,6-9,12-13H,5,10-11,14-15H2,1-3H3,(H,24,26). The topological polar surface area (TPSA) is 84.9 Å². The second kappa shape index (κ2) is 9.23. The van der Waals surface area contributed by atoms with Crippen molar-refractivity contribution in [3.63, 3.8) is 0 Å². The van der Waals surface area contributed by atoms with Crippen LogP contribution in [0, 0.1) is 11.2 Å². The molecule has 2 aromatic carbocycles. The summed E-state index contributed by atoms with van der Waals surface area (Å²) < 4.78 is 51.9. The van der Waals surface area contributed by atoms with Gasteiger partial charge in [0.2, 0.25) is 15.9 Å². The van der Waals surface area contributed by atoms with Gasteiger partial charge in [-0.25, -0.2) is 12.8 Å². The van der Waals surface area contributed by atoms with Gasteiger partial charge in [-0.1, -0.05) is 12.1 Å². The van der Waals surface area contributed by atoms with Gasteiger partial charge >= 0.3 is 0 Å². The number of rotatable bonds is 7. The Labute approximate surface area is 182 Å². The van der Waals surface area contributed by atoms with Gasteiger partial charge in [0.1, 0.15) is 22.2 Å². The first-order chi connectivity index (χ1) is 14.7. The van der Waals surface area contributed by atoms with E-state index in [9.17, 15) is 17.6 Å². The van der Waals surface area contributed by atoms with Crippen molar-refractivity contribution in [1.82, 2.24) is 9.62 Å². The number of nitrogens with zero attached hydrogens (tertiary/aromatic N) is 1. The maximum Gasteiger partial charge on any atom is 0.246 e. The largest absolute Gasteiger partial charge is 0.497 e. The van der Waals surface area contributed by atoms with Crippen molar-refractivity contribution in [2.45, 2.75) is 31.2 Å². The van der Waals surface area contributed by atoms with E-state index in [1.165, 1.54) is 36.7 Å². The van der Waals surface area contributed by atoms with E-state index >= 15 is 0 Å². The lowest BCUT2D eigenvalue weighted by Gasteiger charge is -2.38. The smallest absolute Gasteiger partial charge is 0.246 e. The number of sulfonamides is 1. The van der Waals surface area contributed by atoms with Gasteiger partial charge in [-0.2, -0.15) is 4.31 Å². The molecule has 0 aliphatic carbocycles. The van der Waals surface area contributed by atoms with Crippen molar-refractivity contribution in [2.75, 3.05) is 27.3 Å². The summed E-state index contributed by atoms with van der Waals surface area (Å²) in [6.45, 7) is 2.25. The molecule has 1 amide bonds. The number of halogens is 1. The molecule has 9 heteroatoms. The Morgan fingerprint density at radius 3 is 2.65 bits per heavy atom. The molecule has 0 spiro atoms. The quantitative estimate of drug-likeness (QED) is 0.701. The molecule has 1 heterocycles. The number of benzene rings is 2. The molecule has 1 aliphatic heterocycles. The number of carbonyl (C=O) groups is 1. The summed E-state index contributed by atoms with van der Waals surface area (Å²) >= 11 is 0. The average Bonchev–Trinajstić information content (AvgIpc) is 2.77. The van der Waals surface area contributed by atoms with Gasteiger partial charge in [0.25, 0.3) is 0 Å². The molecule has 0 saturated carbocycles. The molecule has 7 nitrogen and oxygen atoms in total. The fourth-order valence-electron chi connectivity index (χ4n) is 3.75. The van der Waals surface area contributed by atoms with Crippen LogP contribution in [0.25, 0.3) is 0 Å². The van der Waals surface area contributed by atoms with E-state index in [1.54, 1.807) is 31.2 Å². The number of hydrogen-bond acceptors (Lipinski definition) is 5. The van der Waals surface area contributed by atoms with Gasteiger partial charge in [-0.3, -0.25) is 4.79 Å². The number of amides is 1. The Bertz CT molecular complexity index is 1060. The molecule has 2 aromatic rings. The SMILES string of the molecule is COc1ccc(OC)c(S(=O)(=O)N2CCCC(C)(C(=O)NCc3cccc(F)c3)C2)c1. The average molecular weight is 451 g/mol. The van der Waals surface area contributed by atoms with Gasteiger partial charge in [-0.05, 0) is 49.6 Å². The molecule has 1 aliphatic rings. The number of carbonyl (C=O) groups excluding carboxylic acids is 1. The molecule has 0 aromatic heterocycles. The summed E-state index contributed by atoms with van der Waals surface area (Å²) in [6.07, 6.45) is 1.08. The van der Waals surface area contributed by atoms with Gasteiger partial charge in [0, 0.05) is 25.7 Å². The maximum absolute atomic E-state index is 13.4. The normalized spacial score (nSPS) is 19.6. The van der Waals surface area contributed by atoms with Crippen molar-refractivity contribution < 1.29 is 27.1 Å². The summed E-state index contributed by atoms with van der Waals surface area (Å²) in [7, 11) is -1.05. The van der Waals surface area contributed by atoms with Crippen molar-refractivity contribution in [3.8, 4) is 11.5 Å². The first-order valence-electron chi connectivity index (χ1n) is 9.94. The van der Waals surface area contributed by atoms with E-state index in [0.29, 0.717) is 30.7 Å². The third kappa shape index (κ3) is 4.99. The van der Waals surface area contributed by atoms with Crippen LogP contribution in [0.1, 0.15) is 25.3 Å². The number of piperidine rings is 1. The monoisotopic (exact) mass is 450 g/mol. The van der Waals surface area contributed by atoms with Crippen LogP contribution in [0.3, 0.4) is 0 Å². The minimum Gasteiger partial charge on any atom is -0.497 e. The highest BCUT2D eigenvalue weighted by Gasteiger charge is 2.42. The van der Waals surface area contributed by atoms with Crippen molar-refractivity contribution in [2.24, 2.45) is 5.41 Å². The Hall–Kier alpha value is -2.65. The summed E-state index contributed by atoms with van der Waals surface area (Å²) in [6, 6.07) is 10.6. The van der Waals surface area contributed by atoms with Crippen LogP contribution in [-0.4, -0.2) is 45.9 Å². The van der Waals surface area contributed by atoms with E-state index in [0.717, 1.165) is 0 Å². The molecule has 31 heavy (non-hydrogen) atoms. The highest BCUT2D eigenvalue weighted by atomic mass is 32.2. The lowest BCUT2D eigenvalue weighted by atomic mass is 9.82. The van der Waals surface area contributed by atoms with Gasteiger partial charge in [0.15, 0.2) is 0 Å². The van der Waals surface area contributed by atoms with Gasteiger partial charge in [0.05, 0.1) is 19.6 Å². The summed E-state index contributed by atoms with van der Waals surface area (Å²) in [5.74, 6) is -0.0370. The molecule has 0 bridgehead atoms. The third-order valence-electron chi connectivity index (χ3n) is 5.54. The van der Waals surface area contributed by atoms with Crippen LogP contribution < -0.4 is 14.8 Å². The predicted octanol–water partition coefficient (Wildman–Crippen LogP) is 2.95. The molecule has 1 unspecified atom stereocenters. The fourth-order valence-corrected chi connectivity index (χ4v) is 5.52. The Balaban J connectivity index is 1.79.